The van der Waals surface area contributed by atoms with Crippen molar-refractivity contribution < 1.29 is 4.79 Å². The van der Waals surface area contributed by atoms with Crippen LogP contribution in [-0.2, 0) is 4.79 Å². The molecular weight excluding hydrogens is 416 g/mol. The molecule has 1 aliphatic rings. The van der Waals surface area contributed by atoms with Gasteiger partial charge in [-0.3, -0.25) is 9.69 Å². The molecule has 1 aliphatic heterocycles. The fourth-order valence-electron chi connectivity index (χ4n) is 5.02. The first-order chi connectivity index (χ1) is 16.6. The van der Waals surface area contributed by atoms with Gasteiger partial charge in [-0.15, -0.1) is 0 Å². The Kier molecular flexibility index (Phi) is 4.70. The number of anilines is 2. The van der Waals surface area contributed by atoms with Gasteiger partial charge < -0.3 is 4.57 Å². The van der Waals surface area contributed by atoms with E-state index in [1.54, 1.807) is 0 Å². The molecule has 0 radical (unpaired) electrons. The van der Waals surface area contributed by atoms with E-state index in [4.69, 9.17) is 0 Å². The molecule has 0 saturated carbocycles. The van der Waals surface area contributed by atoms with E-state index >= 15 is 0 Å². The number of fused-ring (bicyclic) bond motifs is 2. The maximum atomic E-state index is 13.6. The van der Waals surface area contributed by atoms with Crippen molar-refractivity contribution in [2.45, 2.75) is 13.8 Å². The molecule has 34 heavy (non-hydrogen) atoms. The van der Waals surface area contributed by atoms with Crippen LogP contribution in [0.4, 0.5) is 11.4 Å². The summed E-state index contributed by atoms with van der Waals surface area (Å²) in [5.41, 5.74) is 7.92. The number of carbonyl (C=O) groups is 1. The van der Waals surface area contributed by atoms with E-state index in [9.17, 15) is 4.79 Å². The van der Waals surface area contributed by atoms with Crippen molar-refractivity contribution in [3.63, 3.8) is 0 Å². The van der Waals surface area contributed by atoms with Crippen molar-refractivity contribution in [3.8, 4) is 5.69 Å². The van der Waals surface area contributed by atoms with Gasteiger partial charge >= 0.3 is 0 Å². The summed E-state index contributed by atoms with van der Waals surface area (Å²) in [4.78, 5) is 15.4. The molecule has 164 valence electrons. The zero-order chi connectivity index (χ0) is 23.2. The summed E-state index contributed by atoms with van der Waals surface area (Å²) >= 11 is 0. The summed E-state index contributed by atoms with van der Waals surface area (Å²) in [5, 5.41) is 2.44. The van der Waals surface area contributed by atoms with Crippen molar-refractivity contribution >= 4 is 39.7 Å². The number of nitrogens with zero attached hydrogens (tertiary/aromatic N) is 2. The highest BCUT2D eigenvalue weighted by atomic mass is 16.2. The number of hydrogen-bond donors (Lipinski definition) is 0. The first-order valence-electron chi connectivity index (χ1n) is 11.5. The Morgan fingerprint density at radius 2 is 1.38 bits per heavy atom. The zero-order valence-electron chi connectivity index (χ0n) is 19.2. The summed E-state index contributed by atoms with van der Waals surface area (Å²) < 4.78 is 2.26. The fourth-order valence-corrected chi connectivity index (χ4v) is 5.02. The molecule has 0 fully saturated rings. The third-order valence-electron chi connectivity index (χ3n) is 6.64. The van der Waals surface area contributed by atoms with Crippen LogP contribution in [0.3, 0.4) is 0 Å². The second kappa shape index (κ2) is 7.89. The first-order valence-corrected chi connectivity index (χ1v) is 11.5. The second-order valence-electron chi connectivity index (χ2n) is 8.74. The number of benzene rings is 4. The van der Waals surface area contributed by atoms with Crippen LogP contribution < -0.4 is 4.90 Å². The summed E-state index contributed by atoms with van der Waals surface area (Å²) in [7, 11) is 0. The minimum atomic E-state index is 0.00269. The molecule has 0 bridgehead atoms. The molecule has 4 aromatic carbocycles. The van der Waals surface area contributed by atoms with E-state index in [-0.39, 0.29) is 5.91 Å². The second-order valence-corrected chi connectivity index (χ2v) is 8.74. The van der Waals surface area contributed by atoms with Gasteiger partial charge in [-0.1, -0.05) is 66.7 Å². The minimum Gasteiger partial charge on any atom is -0.318 e. The van der Waals surface area contributed by atoms with Gasteiger partial charge in [0, 0.05) is 28.3 Å². The predicted molar refractivity (Wildman–Crippen MR) is 141 cm³/mol. The average molecular weight is 441 g/mol. The Morgan fingerprint density at radius 3 is 2.21 bits per heavy atom. The molecule has 0 N–H and O–H groups in total. The van der Waals surface area contributed by atoms with Gasteiger partial charge in [0.25, 0.3) is 5.91 Å². The Labute approximate surface area is 199 Å². The maximum absolute atomic E-state index is 13.6. The van der Waals surface area contributed by atoms with Gasteiger partial charge in [0.05, 0.1) is 11.3 Å². The van der Waals surface area contributed by atoms with Crippen LogP contribution in [0.5, 0.6) is 0 Å². The minimum absolute atomic E-state index is 0.00269. The predicted octanol–water partition coefficient (Wildman–Crippen LogP) is 7.47. The lowest BCUT2D eigenvalue weighted by Crippen LogP contribution is -2.20. The number of carbonyl (C=O) groups excluding carboxylic acids is 1. The quantitative estimate of drug-likeness (QED) is 0.267. The van der Waals surface area contributed by atoms with E-state index in [1.165, 1.54) is 10.8 Å². The monoisotopic (exact) mass is 440 g/mol. The van der Waals surface area contributed by atoms with Gasteiger partial charge in [-0.05, 0) is 72.7 Å². The third-order valence-corrected chi connectivity index (χ3v) is 6.64. The van der Waals surface area contributed by atoms with Gasteiger partial charge in [0.15, 0.2) is 0 Å². The summed E-state index contributed by atoms with van der Waals surface area (Å²) in [5.74, 6) is 0.00269. The maximum Gasteiger partial charge on any atom is 0.263 e. The summed E-state index contributed by atoms with van der Waals surface area (Å²) in [6, 6.07) is 35.0. The smallest absolute Gasteiger partial charge is 0.263 e. The highest BCUT2D eigenvalue weighted by molar-refractivity contribution is 6.38. The number of rotatable bonds is 3. The van der Waals surface area contributed by atoms with Crippen LogP contribution >= 0.6 is 0 Å². The Balaban J connectivity index is 1.47. The average Bonchev–Trinajstić information content (AvgIpc) is 3.31. The molecule has 3 heteroatoms. The standard InChI is InChI=1S/C31H24N2O/c1-21-18-25(22(2)32(21)27-17-16-23-10-6-7-11-24(23)19-27)20-29-28-14-8-9-15-30(28)33(31(29)34)26-12-4-3-5-13-26/h3-20H,1-2H3/b29-20+. The van der Waals surface area contributed by atoms with Gasteiger partial charge in [0.2, 0.25) is 0 Å². The molecule has 5 aromatic rings. The summed E-state index contributed by atoms with van der Waals surface area (Å²) in [6.45, 7) is 4.24. The molecular formula is C31H24N2O. The largest absolute Gasteiger partial charge is 0.318 e. The third kappa shape index (κ3) is 3.17. The van der Waals surface area contributed by atoms with Gasteiger partial charge in [-0.2, -0.15) is 0 Å². The van der Waals surface area contributed by atoms with Crippen molar-refractivity contribution in [1.29, 1.82) is 0 Å². The van der Waals surface area contributed by atoms with E-state index in [2.05, 4.69) is 66.9 Å². The molecule has 0 unspecified atom stereocenters. The summed E-state index contributed by atoms with van der Waals surface area (Å²) in [6.07, 6.45) is 2.05. The molecule has 6 rings (SSSR count). The number of hydrogen-bond acceptors (Lipinski definition) is 1. The number of aryl methyl sites for hydroxylation is 1. The Bertz CT molecular complexity index is 1590. The Hall–Kier alpha value is -4.37. The van der Waals surface area contributed by atoms with Gasteiger partial charge in [-0.25, -0.2) is 0 Å². The Morgan fingerprint density at radius 1 is 0.676 bits per heavy atom. The molecule has 1 amide bonds. The highest BCUT2D eigenvalue weighted by Crippen LogP contribution is 2.42. The number of para-hydroxylation sites is 2. The molecule has 2 heterocycles. The lowest BCUT2D eigenvalue weighted by Gasteiger charge is -2.16. The van der Waals surface area contributed by atoms with Crippen LogP contribution in [-0.4, -0.2) is 10.5 Å². The molecule has 3 nitrogen and oxygen atoms in total. The van der Waals surface area contributed by atoms with E-state index in [0.29, 0.717) is 0 Å². The van der Waals surface area contributed by atoms with Crippen LogP contribution in [0.2, 0.25) is 0 Å². The van der Waals surface area contributed by atoms with Crippen molar-refractivity contribution in [3.05, 3.63) is 126 Å². The van der Waals surface area contributed by atoms with Crippen LogP contribution in [0.15, 0.2) is 103 Å². The van der Waals surface area contributed by atoms with E-state index < -0.39 is 0 Å². The van der Waals surface area contributed by atoms with Crippen molar-refractivity contribution in [2.75, 3.05) is 4.90 Å². The van der Waals surface area contributed by atoms with Crippen molar-refractivity contribution in [1.82, 2.24) is 4.57 Å². The molecule has 0 saturated heterocycles. The molecule has 0 atom stereocenters. The van der Waals surface area contributed by atoms with Crippen LogP contribution in [0.25, 0.3) is 28.1 Å². The SMILES string of the molecule is Cc1cc(/C=C2/C(=O)N(c3ccccc3)c3ccccc32)c(C)n1-c1ccc2ccccc2c1. The molecule has 0 aliphatic carbocycles. The number of aromatic nitrogens is 1. The fraction of sp³-hybridized carbons (Fsp3) is 0.0645. The highest BCUT2D eigenvalue weighted by Gasteiger charge is 2.33. The number of amides is 1. The lowest BCUT2D eigenvalue weighted by molar-refractivity contribution is -0.112. The van der Waals surface area contributed by atoms with Crippen molar-refractivity contribution in [2.24, 2.45) is 0 Å². The van der Waals surface area contributed by atoms with Crippen LogP contribution in [0.1, 0.15) is 22.5 Å². The van der Waals surface area contributed by atoms with E-state index in [1.807, 2.05) is 65.6 Å². The molecule has 1 aromatic heterocycles. The lowest BCUT2D eigenvalue weighted by atomic mass is 10.0. The topological polar surface area (TPSA) is 25.2 Å². The van der Waals surface area contributed by atoms with Crippen LogP contribution in [0, 0.1) is 13.8 Å². The normalized spacial score (nSPS) is 14.2. The molecule has 0 spiro atoms. The zero-order valence-corrected chi connectivity index (χ0v) is 19.2. The first kappa shape index (κ1) is 20.3. The van der Waals surface area contributed by atoms with E-state index in [0.717, 1.165) is 45.2 Å². The van der Waals surface area contributed by atoms with Gasteiger partial charge in [0.1, 0.15) is 0 Å².